The zero-order chi connectivity index (χ0) is 21.6. The minimum atomic E-state index is -0.976. The van der Waals surface area contributed by atoms with Crippen molar-refractivity contribution in [2.75, 3.05) is 31.5 Å². The van der Waals surface area contributed by atoms with Crippen molar-refractivity contribution in [1.82, 2.24) is 4.90 Å². The van der Waals surface area contributed by atoms with Gasteiger partial charge in [-0.25, -0.2) is 0 Å². The highest BCUT2D eigenvalue weighted by Gasteiger charge is 2.43. The summed E-state index contributed by atoms with van der Waals surface area (Å²) in [5, 5.41) is 11.7. The molecule has 5 nitrogen and oxygen atoms in total. The molecule has 1 unspecified atom stereocenters. The van der Waals surface area contributed by atoms with Crippen LogP contribution in [0.3, 0.4) is 0 Å². The molecule has 2 aliphatic rings. The fourth-order valence-corrected chi connectivity index (χ4v) is 4.71. The number of allylic oxidation sites excluding steroid dienone is 2. The Morgan fingerprint density at radius 2 is 2.00 bits per heavy atom. The number of Topliss-reactive ketones (excluding diaryl/α,β-unsaturated/α-hetero) is 1. The first kappa shape index (κ1) is 22.3. The van der Waals surface area contributed by atoms with Crippen LogP contribution in [0, 0.1) is 16.7 Å². The van der Waals surface area contributed by atoms with Crippen LogP contribution in [0.25, 0.3) is 0 Å². The average Bonchev–Trinajstić information content (AvgIpc) is 2.77. The summed E-state index contributed by atoms with van der Waals surface area (Å²) in [4.78, 5) is 16.0. The number of nitrogens with zero attached hydrogens (tertiary/aromatic N) is 1. The van der Waals surface area contributed by atoms with E-state index in [0.29, 0.717) is 6.42 Å². The summed E-state index contributed by atoms with van der Waals surface area (Å²) in [6.45, 7) is 8.34. The van der Waals surface area contributed by atoms with Crippen LogP contribution in [-0.4, -0.2) is 42.7 Å². The molecule has 0 fully saturated rings. The van der Waals surface area contributed by atoms with E-state index < -0.39 is 5.41 Å². The first-order chi connectivity index (χ1) is 14.5. The molecule has 0 saturated carbocycles. The standard InChI is InChI=1S/C25H36N4O/c1-3-29(4-2)16-9-5-8-14-25(24(26)27)15-10-12-21(23(25)30)20-17-19-11-6-7-13-22(19)28-18-20/h6-7,10-13,15,20,28H,3-5,8-9,14,16-18H2,1-2H3,(H3,26,27)/t20?,25-/m1/s1. The normalized spacial score (nSPS) is 23.1. The Hall–Kier alpha value is -2.40. The number of ketones is 1. The smallest absolute Gasteiger partial charge is 0.176 e. The van der Waals surface area contributed by atoms with Gasteiger partial charge < -0.3 is 16.0 Å². The number of carbonyl (C=O) groups is 1. The number of amidine groups is 1. The number of fused-ring (bicyclic) bond motifs is 1. The van der Waals surface area contributed by atoms with Crippen LogP contribution in [0.4, 0.5) is 5.69 Å². The predicted octanol–water partition coefficient (Wildman–Crippen LogP) is 4.16. The van der Waals surface area contributed by atoms with E-state index in [1.807, 2.05) is 30.4 Å². The van der Waals surface area contributed by atoms with E-state index in [0.717, 1.165) is 63.1 Å². The van der Waals surface area contributed by atoms with E-state index in [-0.39, 0.29) is 17.5 Å². The van der Waals surface area contributed by atoms with Gasteiger partial charge in [0, 0.05) is 23.7 Å². The lowest BCUT2D eigenvalue weighted by molar-refractivity contribution is -0.120. The number of rotatable bonds is 10. The number of hydrogen-bond donors (Lipinski definition) is 3. The molecular formula is C25H36N4O. The van der Waals surface area contributed by atoms with Gasteiger partial charge in [-0.2, -0.15) is 0 Å². The van der Waals surface area contributed by atoms with E-state index in [4.69, 9.17) is 11.1 Å². The summed E-state index contributed by atoms with van der Waals surface area (Å²) in [6, 6.07) is 8.27. The van der Waals surface area contributed by atoms with E-state index in [1.165, 1.54) is 5.56 Å². The van der Waals surface area contributed by atoms with Crippen molar-refractivity contribution >= 4 is 17.3 Å². The summed E-state index contributed by atoms with van der Waals surface area (Å²) >= 11 is 0. The lowest BCUT2D eigenvalue weighted by Crippen LogP contribution is -2.46. The number of benzene rings is 1. The molecule has 0 aromatic heterocycles. The molecule has 4 N–H and O–H groups in total. The summed E-state index contributed by atoms with van der Waals surface area (Å²) in [5.74, 6) is 0.105. The van der Waals surface area contributed by atoms with Gasteiger partial charge in [0.15, 0.2) is 5.78 Å². The molecule has 2 atom stereocenters. The summed E-state index contributed by atoms with van der Waals surface area (Å²) < 4.78 is 0. The minimum Gasteiger partial charge on any atom is -0.387 e. The van der Waals surface area contributed by atoms with Crippen molar-refractivity contribution in [2.45, 2.75) is 46.0 Å². The van der Waals surface area contributed by atoms with Gasteiger partial charge in [-0.15, -0.1) is 0 Å². The molecule has 162 valence electrons. The molecule has 30 heavy (non-hydrogen) atoms. The number of nitrogens with two attached hydrogens (primary N) is 1. The van der Waals surface area contributed by atoms with Gasteiger partial charge in [0.05, 0.1) is 0 Å². The quantitative estimate of drug-likeness (QED) is 0.308. The Morgan fingerprint density at radius 3 is 2.73 bits per heavy atom. The molecule has 0 spiro atoms. The second kappa shape index (κ2) is 10.1. The fraction of sp³-hybridized carbons (Fsp3) is 0.520. The molecule has 5 heteroatoms. The van der Waals surface area contributed by atoms with Crippen LogP contribution in [0.1, 0.15) is 45.1 Å². The predicted molar refractivity (Wildman–Crippen MR) is 125 cm³/mol. The van der Waals surface area contributed by atoms with Crippen molar-refractivity contribution in [2.24, 2.45) is 17.1 Å². The molecule has 1 aliphatic carbocycles. The topological polar surface area (TPSA) is 82.2 Å². The van der Waals surface area contributed by atoms with Crippen LogP contribution in [0.5, 0.6) is 0 Å². The summed E-state index contributed by atoms with van der Waals surface area (Å²) in [5.41, 5.74) is 8.24. The third-order valence-corrected chi connectivity index (χ3v) is 6.71. The number of unbranched alkanes of at least 4 members (excludes halogenated alkanes) is 2. The Kier molecular flexibility index (Phi) is 7.48. The zero-order valence-corrected chi connectivity index (χ0v) is 18.4. The number of hydrogen-bond acceptors (Lipinski definition) is 4. The van der Waals surface area contributed by atoms with Gasteiger partial charge in [-0.05, 0) is 50.5 Å². The van der Waals surface area contributed by atoms with Gasteiger partial charge in [-0.3, -0.25) is 10.2 Å². The second-order valence-electron chi connectivity index (χ2n) is 8.47. The van der Waals surface area contributed by atoms with Gasteiger partial charge in [0.1, 0.15) is 11.3 Å². The number of nitrogens with one attached hydrogen (secondary N) is 2. The Labute approximate surface area is 180 Å². The third-order valence-electron chi connectivity index (χ3n) is 6.71. The first-order valence-corrected chi connectivity index (χ1v) is 11.3. The van der Waals surface area contributed by atoms with Crippen LogP contribution in [-0.2, 0) is 11.2 Å². The summed E-state index contributed by atoms with van der Waals surface area (Å²) in [6.07, 6.45) is 10.2. The maximum Gasteiger partial charge on any atom is 0.176 e. The highest BCUT2D eigenvalue weighted by molar-refractivity contribution is 6.17. The average molecular weight is 409 g/mol. The van der Waals surface area contributed by atoms with Crippen LogP contribution in [0.15, 0.2) is 48.1 Å². The highest BCUT2D eigenvalue weighted by atomic mass is 16.1. The Balaban J connectivity index is 1.65. The Morgan fingerprint density at radius 1 is 1.23 bits per heavy atom. The molecular weight excluding hydrogens is 372 g/mol. The molecule has 0 saturated heterocycles. The molecule has 1 aliphatic heterocycles. The Bertz CT molecular complexity index is 824. The van der Waals surface area contributed by atoms with Crippen molar-refractivity contribution in [3.8, 4) is 0 Å². The van der Waals surface area contributed by atoms with Crippen molar-refractivity contribution in [1.29, 1.82) is 5.41 Å². The third kappa shape index (κ3) is 4.67. The maximum absolute atomic E-state index is 13.6. The van der Waals surface area contributed by atoms with Crippen molar-refractivity contribution in [3.05, 3.63) is 53.6 Å². The lowest BCUT2D eigenvalue weighted by Gasteiger charge is -2.35. The van der Waals surface area contributed by atoms with Gasteiger partial charge in [0.25, 0.3) is 0 Å². The van der Waals surface area contributed by atoms with Crippen LogP contribution < -0.4 is 11.1 Å². The van der Waals surface area contributed by atoms with Gasteiger partial charge in [0.2, 0.25) is 0 Å². The van der Waals surface area contributed by atoms with Crippen molar-refractivity contribution < 1.29 is 4.79 Å². The van der Waals surface area contributed by atoms with Crippen LogP contribution in [0.2, 0.25) is 0 Å². The number of carbonyl (C=O) groups excluding carboxylic acids is 1. The highest BCUT2D eigenvalue weighted by Crippen LogP contribution is 2.38. The second-order valence-corrected chi connectivity index (χ2v) is 8.47. The number of anilines is 1. The monoisotopic (exact) mass is 408 g/mol. The summed E-state index contributed by atoms with van der Waals surface area (Å²) in [7, 11) is 0. The zero-order valence-electron chi connectivity index (χ0n) is 18.4. The maximum atomic E-state index is 13.6. The molecule has 0 amide bonds. The molecule has 1 aromatic rings. The molecule has 1 heterocycles. The van der Waals surface area contributed by atoms with Crippen molar-refractivity contribution in [3.63, 3.8) is 0 Å². The molecule has 0 bridgehead atoms. The van der Waals surface area contributed by atoms with Gasteiger partial charge in [-0.1, -0.05) is 63.1 Å². The number of para-hydroxylation sites is 1. The van der Waals surface area contributed by atoms with Crippen LogP contribution >= 0.6 is 0 Å². The molecule has 0 radical (unpaired) electrons. The van der Waals surface area contributed by atoms with E-state index in [2.05, 4.69) is 36.2 Å². The molecule has 3 rings (SSSR count). The van der Waals surface area contributed by atoms with E-state index in [9.17, 15) is 4.79 Å². The lowest BCUT2D eigenvalue weighted by atomic mass is 9.69. The SMILES string of the molecule is CCN(CC)CCCCC[C@@]1(C(=N)N)C=CC=C(C2CNc3ccccc3C2)C1=O. The largest absolute Gasteiger partial charge is 0.387 e. The fourth-order valence-electron chi connectivity index (χ4n) is 4.71. The van der Waals surface area contributed by atoms with Gasteiger partial charge >= 0.3 is 0 Å². The van der Waals surface area contributed by atoms with E-state index in [1.54, 1.807) is 0 Å². The minimum absolute atomic E-state index is 0.0208. The first-order valence-electron chi connectivity index (χ1n) is 11.3. The molecule has 1 aromatic carbocycles. The van der Waals surface area contributed by atoms with E-state index >= 15 is 0 Å².